The topological polar surface area (TPSA) is 79.5 Å². The molecule has 0 amide bonds. The van der Waals surface area contributed by atoms with Gasteiger partial charge < -0.3 is 14.7 Å². The summed E-state index contributed by atoms with van der Waals surface area (Å²) in [6, 6.07) is 4.05. The predicted molar refractivity (Wildman–Crippen MR) is 105 cm³/mol. The van der Waals surface area contributed by atoms with Crippen LogP contribution in [0.4, 0.5) is 5.82 Å². The van der Waals surface area contributed by atoms with Gasteiger partial charge in [0.1, 0.15) is 12.1 Å². The average Bonchev–Trinajstić information content (AvgIpc) is 3.33. The first kappa shape index (κ1) is 18.3. The Morgan fingerprint density at radius 3 is 2.89 bits per heavy atom. The number of aliphatic hydroxyl groups excluding tert-OH is 1. The number of thiophene rings is 1. The number of nitrogens with zero attached hydrogens (tertiary/aromatic N) is 6. The summed E-state index contributed by atoms with van der Waals surface area (Å²) in [5, 5.41) is 17.5. The monoisotopic (exact) mass is 388 g/mol. The van der Waals surface area contributed by atoms with E-state index < -0.39 is 6.10 Å². The van der Waals surface area contributed by atoms with Gasteiger partial charge in [0.2, 0.25) is 0 Å². The maximum absolute atomic E-state index is 10.2. The SMILES string of the molecule is Cn1ncc2c(N3CCN(CC(O)COCc4cccs4)CC3)ncnc21. The van der Waals surface area contributed by atoms with Crippen LogP contribution in [0.5, 0.6) is 0 Å². The van der Waals surface area contributed by atoms with E-state index in [0.717, 1.165) is 43.0 Å². The van der Waals surface area contributed by atoms with E-state index >= 15 is 0 Å². The first-order valence-electron chi connectivity index (χ1n) is 9.09. The summed E-state index contributed by atoms with van der Waals surface area (Å²) in [6.45, 7) is 5.05. The molecule has 0 radical (unpaired) electrons. The molecule has 4 heterocycles. The highest BCUT2D eigenvalue weighted by Crippen LogP contribution is 2.23. The van der Waals surface area contributed by atoms with Gasteiger partial charge in [-0.2, -0.15) is 5.10 Å². The van der Waals surface area contributed by atoms with Crippen molar-refractivity contribution in [1.82, 2.24) is 24.6 Å². The minimum atomic E-state index is -0.472. The second-order valence-corrected chi connectivity index (χ2v) is 7.77. The smallest absolute Gasteiger partial charge is 0.163 e. The van der Waals surface area contributed by atoms with E-state index in [4.69, 9.17) is 4.74 Å². The number of ether oxygens (including phenoxy) is 1. The summed E-state index contributed by atoms with van der Waals surface area (Å²) in [5.74, 6) is 0.938. The standard InChI is InChI=1S/C18H24N6O2S/c1-22-17-16(9-21-22)18(20-13-19-17)24-6-4-23(5-7-24)10-14(25)11-26-12-15-3-2-8-27-15/h2-3,8-9,13-14,25H,4-7,10-12H2,1H3. The predicted octanol–water partition coefficient (Wildman–Crippen LogP) is 1.12. The largest absolute Gasteiger partial charge is 0.389 e. The number of aryl methyl sites for hydroxylation is 1. The van der Waals surface area contributed by atoms with Crippen LogP contribution in [0, 0.1) is 0 Å². The molecule has 1 saturated heterocycles. The third-order valence-corrected chi connectivity index (χ3v) is 5.63. The lowest BCUT2D eigenvalue weighted by Crippen LogP contribution is -2.49. The van der Waals surface area contributed by atoms with Gasteiger partial charge in [0.15, 0.2) is 5.65 Å². The minimum Gasteiger partial charge on any atom is -0.389 e. The third kappa shape index (κ3) is 4.27. The summed E-state index contributed by atoms with van der Waals surface area (Å²) in [4.78, 5) is 14.5. The Morgan fingerprint density at radius 2 is 2.11 bits per heavy atom. The van der Waals surface area contributed by atoms with Crippen molar-refractivity contribution in [1.29, 1.82) is 0 Å². The fourth-order valence-electron chi connectivity index (χ4n) is 3.38. The maximum atomic E-state index is 10.2. The zero-order valence-corrected chi connectivity index (χ0v) is 16.2. The van der Waals surface area contributed by atoms with Crippen molar-refractivity contribution in [3.63, 3.8) is 0 Å². The number of fused-ring (bicyclic) bond motifs is 1. The summed E-state index contributed by atoms with van der Waals surface area (Å²) >= 11 is 1.67. The Morgan fingerprint density at radius 1 is 1.26 bits per heavy atom. The number of rotatable bonds is 7. The third-order valence-electron chi connectivity index (χ3n) is 4.78. The van der Waals surface area contributed by atoms with E-state index in [9.17, 15) is 5.11 Å². The van der Waals surface area contributed by atoms with Gasteiger partial charge in [0.05, 0.1) is 30.9 Å². The van der Waals surface area contributed by atoms with Crippen molar-refractivity contribution in [2.24, 2.45) is 7.05 Å². The molecular weight excluding hydrogens is 364 g/mol. The van der Waals surface area contributed by atoms with Crippen LogP contribution in [-0.2, 0) is 18.4 Å². The molecule has 0 spiro atoms. The molecule has 0 aliphatic carbocycles. The molecule has 1 fully saturated rings. The molecule has 3 aromatic rings. The van der Waals surface area contributed by atoms with Gasteiger partial charge in [0, 0.05) is 44.6 Å². The van der Waals surface area contributed by atoms with Crippen LogP contribution in [0.3, 0.4) is 0 Å². The molecule has 0 aromatic carbocycles. The molecule has 1 aliphatic rings. The first-order chi connectivity index (χ1) is 13.2. The maximum Gasteiger partial charge on any atom is 0.163 e. The van der Waals surface area contributed by atoms with Gasteiger partial charge in [-0.1, -0.05) is 6.07 Å². The fraction of sp³-hybridized carbons (Fsp3) is 0.500. The molecule has 0 saturated carbocycles. The van der Waals surface area contributed by atoms with Crippen molar-refractivity contribution in [2.45, 2.75) is 12.7 Å². The number of aromatic nitrogens is 4. The summed E-state index contributed by atoms with van der Waals surface area (Å²) in [7, 11) is 1.89. The van der Waals surface area contributed by atoms with Crippen LogP contribution < -0.4 is 4.90 Å². The van der Waals surface area contributed by atoms with Gasteiger partial charge in [-0.05, 0) is 11.4 Å². The molecule has 8 nitrogen and oxygen atoms in total. The van der Waals surface area contributed by atoms with Crippen molar-refractivity contribution in [3.8, 4) is 0 Å². The van der Waals surface area contributed by atoms with E-state index in [-0.39, 0.29) is 0 Å². The fourth-order valence-corrected chi connectivity index (χ4v) is 4.03. The van der Waals surface area contributed by atoms with E-state index in [1.165, 1.54) is 4.88 Å². The highest BCUT2D eigenvalue weighted by atomic mass is 32.1. The molecule has 3 aromatic heterocycles. The second kappa shape index (κ2) is 8.30. The zero-order chi connectivity index (χ0) is 18.6. The number of β-amino-alcohol motifs (C(OH)–C–C–N with tert-alkyl or cyclic N) is 1. The lowest BCUT2D eigenvalue weighted by atomic mass is 10.2. The Bertz CT molecular complexity index is 860. The minimum absolute atomic E-state index is 0.361. The van der Waals surface area contributed by atoms with Crippen molar-refractivity contribution < 1.29 is 9.84 Å². The first-order valence-corrected chi connectivity index (χ1v) is 9.97. The van der Waals surface area contributed by atoms with Crippen LogP contribution in [-0.4, -0.2) is 75.2 Å². The number of hydrogen-bond donors (Lipinski definition) is 1. The normalized spacial score (nSPS) is 16.9. The highest BCUT2D eigenvalue weighted by molar-refractivity contribution is 7.09. The van der Waals surface area contributed by atoms with E-state index in [2.05, 4.69) is 24.9 Å². The van der Waals surface area contributed by atoms with E-state index in [1.807, 2.05) is 30.8 Å². The van der Waals surface area contributed by atoms with Gasteiger partial charge in [-0.3, -0.25) is 9.58 Å². The van der Waals surface area contributed by atoms with Crippen LogP contribution in [0.2, 0.25) is 0 Å². The molecule has 1 N–H and O–H groups in total. The highest BCUT2D eigenvalue weighted by Gasteiger charge is 2.22. The van der Waals surface area contributed by atoms with E-state index in [1.54, 1.807) is 22.3 Å². The number of hydrogen-bond acceptors (Lipinski definition) is 8. The molecule has 1 aliphatic heterocycles. The molecule has 144 valence electrons. The average molecular weight is 388 g/mol. The quantitative estimate of drug-likeness (QED) is 0.650. The molecular formula is C18H24N6O2S. The summed E-state index contributed by atoms with van der Waals surface area (Å²) in [6.07, 6.45) is 2.95. The van der Waals surface area contributed by atoms with Crippen LogP contribution in [0.15, 0.2) is 30.0 Å². The molecule has 9 heteroatoms. The van der Waals surface area contributed by atoms with Gasteiger partial charge in [-0.15, -0.1) is 11.3 Å². The Balaban J connectivity index is 1.26. The van der Waals surface area contributed by atoms with Crippen LogP contribution in [0.25, 0.3) is 11.0 Å². The van der Waals surface area contributed by atoms with Gasteiger partial charge in [0.25, 0.3) is 0 Å². The van der Waals surface area contributed by atoms with Crippen LogP contribution in [0.1, 0.15) is 4.88 Å². The molecule has 0 bridgehead atoms. The van der Waals surface area contributed by atoms with Gasteiger partial charge in [-0.25, -0.2) is 9.97 Å². The Kier molecular flexibility index (Phi) is 5.63. The molecule has 1 unspecified atom stereocenters. The Hall–Kier alpha value is -2.07. The molecule has 27 heavy (non-hydrogen) atoms. The lowest BCUT2D eigenvalue weighted by Gasteiger charge is -2.36. The number of anilines is 1. The second-order valence-electron chi connectivity index (χ2n) is 6.74. The van der Waals surface area contributed by atoms with Crippen molar-refractivity contribution in [3.05, 3.63) is 34.9 Å². The van der Waals surface area contributed by atoms with Gasteiger partial charge >= 0.3 is 0 Å². The van der Waals surface area contributed by atoms with Crippen molar-refractivity contribution in [2.75, 3.05) is 44.2 Å². The lowest BCUT2D eigenvalue weighted by molar-refractivity contribution is 0.00990. The van der Waals surface area contributed by atoms with Crippen molar-refractivity contribution >= 4 is 28.2 Å². The van der Waals surface area contributed by atoms with E-state index in [0.29, 0.717) is 19.8 Å². The molecule has 1 atom stereocenters. The zero-order valence-electron chi connectivity index (χ0n) is 15.4. The Labute approximate surface area is 162 Å². The number of aliphatic hydroxyl groups is 1. The van der Waals surface area contributed by atoms with Crippen LogP contribution >= 0.6 is 11.3 Å². The molecule has 4 rings (SSSR count). The number of piperazine rings is 1. The summed E-state index contributed by atoms with van der Waals surface area (Å²) < 4.78 is 7.39. The summed E-state index contributed by atoms with van der Waals surface area (Å²) in [5.41, 5.74) is 0.848.